The van der Waals surface area contributed by atoms with Gasteiger partial charge in [0.1, 0.15) is 12.1 Å². The molecule has 0 spiro atoms. The number of aliphatic hydroxyl groups excluding tert-OH is 2. The van der Waals surface area contributed by atoms with Gasteiger partial charge in [0, 0.05) is 6.92 Å². The summed E-state index contributed by atoms with van der Waals surface area (Å²) in [7, 11) is 0. The molecule has 0 heterocycles. The fourth-order valence-corrected chi connectivity index (χ4v) is 1.07. The van der Waals surface area contributed by atoms with Crippen LogP contribution in [0.25, 0.3) is 0 Å². The Morgan fingerprint density at radius 3 is 2.06 bits per heavy atom. The lowest BCUT2D eigenvalue weighted by Gasteiger charge is -2.21. The first-order chi connectivity index (χ1) is 7.79. The second kappa shape index (κ2) is 6.81. The lowest BCUT2D eigenvalue weighted by atomic mass is 10.1. The summed E-state index contributed by atoms with van der Waals surface area (Å²) < 4.78 is 0. The van der Waals surface area contributed by atoms with E-state index in [9.17, 15) is 19.5 Å². The predicted octanol–water partition coefficient (Wildman–Crippen LogP) is -2.57. The Labute approximate surface area is 97.6 Å². The third-order valence-electron chi connectivity index (χ3n) is 1.92. The van der Waals surface area contributed by atoms with Crippen LogP contribution in [0.3, 0.4) is 0 Å². The first-order valence-electron chi connectivity index (χ1n) is 4.88. The van der Waals surface area contributed by atoms with E-state index in [1.165, 1.54) is 6.92 Å². The van der Waals surface area contributed by atoms with Crippen molar-refractivity contribution in [2.75, 3.05) is 6.61 Å². The SMILES string of the molecule is CC(=O)N[C@H](C(=O)N[C@H](CO)C(=O)O)[C@@H](C)O. The molecule has 0 aliphatic carbocycles. The van der Waals surface area contributed by atoms with Crippen molar-refractivity contribution in [1.82, 2.24) is 10.6 Å². The van der Waals surface area contributed by atoms with Crippen molar-refractivity contribution in [3.63, 3.8) is 0 Å². The molecule has 0 saturated heterocycles. The molecule has 0 unspecified atom stereocenters. The van der Waals surface area contributed by atoms with E-state index in [4.69, 9.17) is 10.2 Å². The number of nitrogens with one attached hydrogen (secondary N) is 2. The summed E-state index contributed by atoms with van der Waals surface area (Å²) in [6.07, 6.45) is -1.19. The minimum Gasteiger partial charge on any atom is -0.480 e. The van der Waals surface area contributed by atoms with E-state index < -0.39 is 42.6 Å². The van der Waals surface area contributed by atoms with E-state index in [1.54, 1.807) is 0 Å². The van der Waals surface area contributed by atoms with Gasteiger partial charge in [0.25, 0.3) is 0 Å². The molecule has 0 rings (SSSR count). The van der Waals surface area contributed by atoms with Crippen LogP contribution in [0.1, 0.15) is 13.8 Å². The number of rotatable bonds is 6. The lowest BCUT2D eigenvalue weighted by Crippen LogP contribution is -2.56. The number of carbonyl (C=O) groups excluding carboxylic acids is 2. The highest BCUT2D eigenvalue weighted by molar-refractivity contribution is 5.90. The van der Waals surface area contributed by atoms with Gasteiger partial charge in [-0.25, -0.2) is 4.79 Å². The number of aliphatic carboxylic acids is 1. The van der Waals surface area contributed by atoms with E-state index in [0.29, 0.717) is 0 Å². The van der Waals surface area contributed by atoms with Gasteiger partial charge in [-0.3, -0.25) is 9.59 Å². The maximum atomic E-state index is 11.5. The van der Waals surface area contributed by atoms with Crippen molar-refractivity contribution in [2.45, 2.75) is 32.0 Å². The quantitative estimate of drug-likeness (QED) is 0.350. The molecule has 0 bridgehead atoms. The maximum absolute atomic E-state index is 11.5. The molecular formula is C9H16N2O6. The molecule has 17 heavy (non-hydrogen) atoms. The average Bonchev–Trinajstić information content (AvgIpc) is 2.20. The highest BCUT2D eigenvalue weighted by atomic mass is 16.4. The number of carbonyl (C=O) groups is 3. The number of carboxylic acids is 1. The zero-order chi connectivity index (χ0) is 13.6. The molecule has 0 aromatic heterocycles. The standard InChI is InChI=1S/C9H16N2O6/c1-4(13)7(10-5(2)14)8(15)11-6(3-12)9(16)17/h4,6-7,12-13H,3H2,1-2H3,(H,10,14)(H,11,15)(H,16,17)/t4-,6-,7+/m1/s1. The predicted molar refractivity (Wildman–Crippen MR) is 55.9 cm³/mol. The van der Waals surface area contributed by atoms with Crippen LogP contribution in [0, 0.1) is 0 Å². The van der Waals surface area contributed by atoms with E-state index in [-0.39, 0.29) is 0 Å². The molecule has 3 atom stereocenters. The summed E-state index contributed by atoms with van der Waals surface area (Å²) in [5, 5.41) is 30.7. The van der Waals surface area contributed by atoms with Crippen LogP contribution in [0.2, 0.25) is 0 Å². The van der Waals surface area contributed by atoms with Gasteiger partial charge in [0.2, 0.25) is 11.8 Å². The Morgan fingerprint density at radius 1 is 1.24 bits per heavy atom. The van der Waals surface area contributed by atoms with E-state index >= 15 is 0 Å². The Hall–Kier alpha value is -1.67. The number of amides is 2. The monoisotopic (exact) mass is 248 g/mol. The third kappa shape index (κ3) is 5.27. The molecule has 0 aromatic rings. The summed E-state index contributed by atoms with van der Waals surface area (Å²) in [6, 6.07) is -2.74. The van der Waals surface area contributed by atoms with Gasteiger partial charge in [-0.15, -0.1) is 0 Å². The van der Waals surface area contributed by atoms with Crippen molar-refractivity contribution in [2.24, 2.45) is 0 Å². The van der Waals surface area contributed by atoms with Crippen LogP contribution in [-0.2, 0) is 14.4 Å². The van der Waals surface area contributed by atoms with Crippen molar-refractivity contribution in [3.8, 4) is 0 Å². The van der Waals surface area contributed by atoms with Gasteiger partial charge in [0.15, 0.2) is 0 Å². The summed E-state index contributed by atoms with van der Waals surface area (Å²) >= 11 is 0. The first-order valence-corrected chi connectivity index (χ1v) is 4.88. The number of hydrogen-bond donors (Lipinski definition) is 5. The fraction of sp³-hybridized carbons (Fsp3) is 0.667. The minimum absolute atomic E-state index is 0.540. The summed E-state index contributed by atoms with van der Waals surface area (Å²) in [6.45, 7) is 1.64. The number of carboxylic acid groups (broad SMARTS) is 1. The van der Waals surface area contributed by atoms with Gasteiger partial charge in [0.05, 0.1) is 12.7 Å². The van der Waals surface area contributed by atoms with Gasteiger partial charge in [-0.05, 0) is 6.92 Å². The largest absolute Gasteiger partial charge is 0.480 e. The van der Waals surface area contributed by atoms with Crippen molar-refractivity contribution in [1.29, 1.82) is 0 Å². The molecule has 98 valence electrons. The maximum Gasteiger partial charge on any atom is 0.328 e. The van der Waals surface area contributed by atoms with E-state index in [2.05, 4.69) is 5.32 Å². The highest BCUT2D eigenvalue weighted by Gasteiger charge is 2.28. The third-order valence-corrected chi connectivity index (χ3v) is 1.92. The minimum atomic E-state index is -1.47. The fourth-order valence-electron chi connectivity index (χ4n) is 1.07. The van der Waals surface area contributed by atoms with E-state index in [0.717, 1.165) is 6.92 Å². The van der Waals surface area contributed by atoms with Crippen molar-refractivity contribution < 1.29 is 29.7 Å². The summed E-state index contributed by atoms with van der Waals surface area (Å²) in [4.78, 5) is 32.9. The van der Waals surface area contributed by atoms with Gasteiger partial charge in [-0.1, -0.05) is 0 Å². The van der Waals surface area contributed by atoms with Gasteiger partial charge in [-0.2, -0.15) is 0 Å². The molecule has 0 fully saturated rings. The molecule has 0 radical (unpaired) electrons. The number of hydrogen-bond acceptors (Lipinski definition) is 5. The summed E-state index contributed by atoms with van der Waals surface area (Å²) in [5.74, 6) is -2.83. The normalized spacial score (nSPS) is 15.5. The van der Waals surface area contributed by atoms with Crippen LogP contribution in [0.5, 0.6) is 0 Å². The molecule has 5 N–H and O–H groups in total. The Kier molecular flexibility index (Phi) is 6.15. The molecule has 2 amide bonds. The molecule has 8 nitrogen and oxygen atoms in total. The number of aliphatic hydroxyl groups is 2. The molecule has 0 saturated carbocycles. The second-order valence-corrected chi connectivity index (χ2v) is 3.50. The van der Waals surface area contributed by atoms with Crippen LogP contribution in [-0.4, -0.2) is 57.9 Å². The Bertz CT molecular complexity index is 304. The van der Waals surface area contributed by atoms with Gasteiger partial charge >= 0.3 is 5.97 Å². The topological polar surface area (TPSA) is 136 Å². The molecular weight excluding hydrogens is 232 g/mol. The Morgan fingerprint density at radius 2 is 1.76 bits per heavy atom. The summed E-state index contributed by atoms with van der Waals surface area (Å²) in [5.41, 5.74) is 0. The molecule has 0 aromatic carbocycles. The zero-order valence-electron chi connectivity index (χ0n) is 9.51. The highest BCUT2D eigenvalue weighted by Crippen LogP contribution is 1.95. The zero-order valence-corrected chi connectivity index (χ0v) is 9.51. The average molecular weight is 248 g/mol. The van der Waals surface area contributed by atoms with E-state index in [1.807, 2.05) is 5.32 Å². The smallest absolute Gasteiger partial charge is 0.328 e. The van der Waals surface area contributed by atoms with Gasteiger partial charge < -0.3 is 26.0 Å². The van der Waals surface area contributed by atoms with Crippen LogP contribution in [0.15, 0.2) is 0 Å². The Balaban J connectivity index is 4.62. The lowest BCUT2D eigenvalue weighted by molar-refractivity contribution is -0.143. The van der Waals surface area contributed by atoms with Crippen molar-refractivity contribution in [3.05, 3.63) is 0 Å². The molecule has 0 aliphatic rings. The second-order valence-electron chi connectivity index (χ2n) is 3.50. The first kappa shape index (κ1) is 15.3. The van der Waals surface area contributed by atoms with Crippen LogP contribution in [0.4, 0.5) is 0 Å². The molecule has 8 heteroatoms. The van der Waals surface area contributed by atoms with Crippen LogP contribution >= 0.6 is 0 Å². The molecule has 0 aliphatic heterocycles. The van der Waals surface area contributed by atoms with Crippen LogP contribution < -0.4 is 10.6 Å². The van der Waals surface area contributed by atoms with Crippen molar-refractivity contribution >= 4 is 17.8 Å².